The smallest absolute Gasteiger partial charge is 0.0981 e. The Hall–Kier alpha value is -0.600. The van der Waals surface area contributed by atoms with Gasteiger partial charge in [0, 0.05) is 11.3 Å². The van der Waals surface area contributed by atoms with E-state index >= 15 is 0 Å². The maximum absolute atomic E-state index is 6.24. The van der Waals surface area contributed by atoms with Gasteiger partial charge in [0.15, 0.2) is 0 Å². The Bertz CT molecular complexity index is 419. The van der Waals surface area contributed by atoms with E-state index in [-0.39, 0.29) is 5.38 Å². The van der Waals surface area contributed by atoms with Crippen LogP contribution in [0, 0.1) is 0 Å². The summed E-state index contributed by atoms with van der Waals surface area (Å²) in [5, 5.41) is 1.34. The lowest BCUT2D eigenvalue weighted by Gasteiger charge is -2.12. The highest BCUT2D eigenvalue weighted by atomic mass is 35.5. The molecule has 1 aromatic carbocycles. The average molecular weight is 240 g/mol. The zero-order chi connectivity index (χ0) is 10.8. The Labute approximate surface area is 99.1 Å². The molecule has 0 aliphatic rings. The van der Waals surface area contributed by atoms with Gasteiger partial charge in [-0.25, -0.2) is 4.98 Å². The van der Waals surface area contributed by atoms with Crippen LogP contribution >= 0.6 is 22.9 Å². The number of aromatic nitrogens is 1. The Morgan fingerprint density at radius 3 is 2.80 bits per heavy atom. The molecule has 0 aliphatic carbocycles. The molecule has 0 bridgehead atoms. The Morgan fingerprint density at radius 1 is 1.40 bits per heavy atom. The molecule has 80 valence electrons. The van der Waals surface area contributed by atoms with Gasteiger partial charge in [-0.05, 0) is 18.6 Å². The first kappa shape index (κ1) is 10.9. The van der Waals surface area contributed by atoms with Crippen molar-refractivity contribution in [2.75, 3.05) is 0 Å². The molecule has 0 spiro atoms. The predicted molar refractivity (Wildman–Crippen MR) is 68.0 cm³/mol. The van der Waals surface area contributed by atoms with Crippen molar-refractivity contribution in [2.24, 2.45) is 0 Å². The van der Waals surface area contributed by atoms with Gasteiger partial charge in [0.1, 0.15) is 0 Å². The highest BCUT2D eigenvalue weighted by molar-refractivity contribution is 7.18. The third kappa shape index (κ3) is 2.16. The molecule has 1 heterocycles. The standard InChI is InChI=1S/C12H14ClNS/c1-3-9(13)8(2)12-14-10-6-4-5-7-11(10)15-12/h4-9H,3H2,1-2H3. The van der Waals surface area contributed by atoms with Crippen molar-refractivity contribution in [2.45, 2.75) is 31.6 Å². The summed E-state index contributed by atoms with van der Waals surface area (Å²) in [6, 6.07) is 8.23. The zero-order valence-corrected chi connectivity index (χ0v) is 10.5. The number of hydrogen-bond donors (Lipinski definition) is 0. The van der Waals surface area contributed by atoms with Gasteiger partial charge < -0.3 is 0 Å². The van der Waals surface area contributed by atoms with E-state index in [1.807, 2.05) is 12.1 Å². The topological polar surface area (TPSA) is 12.9 Å². The van der Waals surface area contributed by atoms with E-state index in [0.29, 0.717) is 5.92 Å². The van der Waals surface area contributed by atoms with Crippen molar-refractivity contribution in [1.29, 1.82) is 0 Å². The summed E-state index contributed by atoms with van der Waals surface area (Å²) in [7, 11) is 0. The van der Waals surface area contributed by atoms with E-state index in [4.69, 9.17) is 11.6 Å². The largest absolute Gasteiger partial charge is 0.241 e. The van der Waals surface area contributed by atoms with Gasteiger partial charge in [0.2, 0.25) is 0 Å². The Balaban J connectivity index is 2.36. The van der Waals surface area contributed by atoms with E-state index < -0.39 is 0 Å². The highest BCUT2D eigenvalue weighted by Crippen LogP contribution is 2.31. The van der Waals surface area contributed by atoms with Crippen LogP contribution in [0.3, 0.4) is 0 Å². The maximum Gasteiger partial charge on any atom is 0.0981 e. The van der Waals surface area contributed by atoms with Gasteiger partial charge in [-0.2, -0.15) is 0 Å². The maximum atomic E-state index is 6.24. The highest BCUT2D eigenvalue weighted by Gasteiger charge is 2.18. The van der Waals surface area contributed by atoms with Gasteiger partial charge in [-0.15, -0.1) is 22.9 Å². The minimum absolute atomic E-state index is 0.186. The van der Waals surface area contributed by atoms with Gasteiger partial charge in [0.05, 0.1) is 15.2 Å². The summed E-state index contributed by atoms with van der Waals surface area (Å²) >= 11 is 8.00. The minimum atomic E-state index is 0.186. The monoisotopic (exact) mass is 239 g/mol. The molecule has 2 unspecified atom stereocenters. The third-order valence-electron chi connectivity index (χ3n) is 2.63. The molecule has 0 saturated heterocycles. The van der Waals surface area contributed by atoms with Crippen molar-refractivity contribution in [3.05, 3.63) is 29.3 Å². The van der Waals surface area contributed by atoms with Crippen LogP contribution in [-0.2, 0) is 0 Å². The molecule has 1 nitrogen and oxygen atoms in total. The first-order chi connectivity index (χ1) is 7.22. The number of alkyl halides is 1. The molecule has 1 aromatic heterocycles. The average Bonchev–Trinajstić information content (AvgIpc) is 2.70. The van der Waals surface area contributed by atoms with E-state index in [0.717, 1.165) is 16.9 Å². The van der Waals surface area contributed by atoms with E-state index in [2.05, 4.69) is 31.0 Å². The van der Waals surface area contributed by atoms with Crippen LogP contribution in [0.1, 0.15) is 31.2 Å². The quantitative estimate of drug-likeness (QED) is 0.723. The van der Waals surface area contributed by atoms with Crippen molar-refractivity contribution in [3.8, 4) is 0 Å². The second-order valence-corrected chi connectivity index (χ2v) is 5.36. The molecule has 0 amide bonds. The van der Waals surface area contributed by atoms with Crippen molar-refractivity contribution in [3.63, 3.8) is 0 Å². The van der Waals surface area contributed by atoms with Crippen molar-refractivity contribution >= 4 is 33.2 Å². The van der Waals surface area contributed by atoms with Gasteiger partial charge in [0.25, 0.3) is 0 Å². The lowest BCUT2D eigenvalue weighted by molar-refractivity contribution is 0.672. The van der Waals surface area contributed by atoms with Crippen LogP contribution in [0.15, 0.2) is 24.3 Å². The molecule has 2 rings (SSSR count). The summed E-state index contributed by atoms with van der Waals surface area (Å²) in [6.45, 7) is 4.26. The van der Waals surface area contributed by atoms with E-state index in [1.165, 1.54) is 4.70 Å². The molecular weight excluding hydrogens is 226 g/mol. The zero-order valence-electron chi connectivity index (χ0n) is 8.90. The molecule has 0 fully saturated rings. The van der Waals surface area contributed by atoms with Gasteiger partial charge >= 0.3 is 0 Å². The summed E-state index contributed by atoms with van der Waals surface area (Å²) in [5.74, 6) is 0.342. The van der Waals surface area contributed by atoms with Crippen molar-refractivity contribution in [1.82, 2.24) is 4.98 Å². The second kappa shape index (κ2) is 4.50. The molecule has 0 aliphatic heterocycles. The number of hydrogen-bond acceptors (Lipinski definition) is 2. The molecule has 3 heteroatoms. The summed E-state index contributed by atoms with van der Waals surface area (Å²) in [5.41, 5.74) is 1.09. The molecule has 2 aromatic rings. The number of benzene rings is 1. The van der Waals surface area contributed by atoms with Crippen LogP contribution in [0.25, 0.3) is 10.2 Å². The van der Waals surface area contributed by atoms with Crippen LogP contribution in [0.5, 0.6) is 0 Å². The number of thiazole rings is 1. The summed E-state index contributed by atoms with van der Waals surface area (Å²) < 4.78 is 1.25. The Kier molecular flexibility index (Phi) is 3.27. The molecule has 0 saturated carbocycles. The van der Waals surface area contributed by atoms with E-state index in [1.54, 1.807) is 11.3 Å². The summed E-state index contributed by atoms with van der Waals surface area (Å²) in [6.07, 6.45) is 0.985. The second-order valence-electron chi connectivity index (χ2n) is 3.73. The fourth-order valence-corrected chi connectivity index (χ4v) is 2.87. The normalized spacial score (nSPS) is 15.4. The first-order valence-corrected chi connectivity index (χ1v) is 6.47. The van der Waals surface area contributed by atoms with Crippen LogP contribution in [0.4, 0.5) is 0 Å². The van der Waals surface area contributed by atoms with Crippen LogP contribution in [-0.4, -0.2) is 10.4 Å². The molecule has 0 radical (unpaired) electrons. The number of halogens is 1. The minimum Gasteiger partial charge on any atom is -0.241 e. The fraction of sp³-hybridized carbons (Fsp3) is 0.417. The number of rotatable bonds is 3. The SMILES string of the molecule is CCC(Cl)C(C)c1nc2ccccc2s1. The molecule has 2 atom stereocenters. The lowest BCUT2D eigenvalue weighted by atomic mass is 10.1. The number of fused-ring (bicyclic) bond motifs is 1. The number of para-hydroxylation sites is 1. The third-order valence-corrected chi connectivity index (χ3v) is 4.56. The molecule has 15 heavy (non-hydrogen) atoms. The number of nitrogens with zero attached hydrogens (tertiary/aromatic N) is 1. The van der Waals surface area contributed by atoms with Gasteiger partial charge in [-0.3, -0.25) is 0 Å². The predicted octanol–water partition coefficient (Wildman–Crippen LogP) is 4.42. The van der Waals surface area contributed by atoms with Crippen LogP contribution < -0.4 is 0 Å². The van der Waals surface area contributed by atoms with Gasteiger partial charge in [-0.1, -0.05) is 26.0 Å². The first-order valence-electron chi connectivity index (χ1n) is 5.22. The van der Waals surface area contributed by atoms with Crippen molar-refractivity contribution < 1.29 is 0 Å². The lowest BCUT2D eigenvalue weighted by Crippen LogP contribution is -2.07. The van der Waals surface area contributed by atoms with Crippen LogP contribution in [0.2, 0.25) is 0 Å². The molecular formula is C12H14ClNS. The molecule has 0 N–H and O–H groups in total. The fourth-order valence-electron chi connectivity index (χ4n) is 1.59. The Morgan fingerprint density at radius 2 is 2.13 bits per heavy atom. The summed E-state index contributed by atoms with van der Waals surface area (Å²) in [4.78, 5) is 4.62. The van der Waals surface area contributed by atoms with E-state index in [9.17, 15) is 0 Å².